The van der Waals surface area contributed by atoms with Crippen molar-refractivity contribution in [1.82, 2.24) is 0 Å². The van der Waals surface area contributed by atoms with Crippen LogP contribution in [0.2, 0.25) is 0 Å². The number of hydrogen-bond acceptors (Lipinski definition) is 1. The topological polar surface area (TPSA) is 9.23 Å². The Balaban J connectivity index is 2.00. The van der Waals surface area contributed by atoms with E-state index in [1.165, 1.54) is 16.7 Å². The third-order valence-corrected chi connectivity index (χ3v) is 4.07. The molecule has 0 heterocycles. The summed E-state index contributed by atoms with van der Waals surface area (Å²) in [4.78, 5) is 0. The van der Waals surface area contributed by atoms with E-state index in [9.17, 15) is 0 Å². The number of hydrogen-bond donors (Lipinski definition) is 0. The second-order valence-corrected chi connectivity index (χ2v) is 5.95. The number of rotatable bonds is 4. The van der Waals surface area contributed by atoms with Crippen molar-refractivity contribution in [2.45, 2.75) is 33.3 Å². The van der Waals surface area contributed by atoms with Crippen LogP contribution in [0.3, 0.4) is 0 Å². The first-order valence-corrected chi connectivity index (χ1v) is 7.33. The summed E-state index contributed by atoms with van der Waals surface area (Å²) in [6, 6.07) is 14.7. The fourth-order valence-corrected chi connectivity index (χ4v) is 2.12. The molecule has 1 nitrogen and oxygen atoms in total. The number of benzene rings is 2. The van der Waals surface area contributed by atoms with Gasteiger partial charge in [0.2, 0.25) is 0 Å². The fourth-order valence-electron chi connectivity index (χ4n) is 1.87. The molecule has 0 bridgehead atoms. The van der Waals surface area contributed by atoms with Crippen LogP contribution >= 0.6 is 15.9 Å². The molecule has 0 aliphatic heterocycles. The van der Waals surface area contributed by atoms with Crippen LogP contribution in [0.25, 0.3) is 0 Å². The Morgan fingerprint density at radius 2 is 1.74 bits per heavy atom. The van der Waals surface area contributed by atoms with Gasteiger partial charge in [0.1, 0.15) is 12.4 Å². The maximum atomic E-state index is 5.81. The highest BCUT2D eigenvalue weighted by Crippen LogP contribution is 2.22. The molecule has 2 heteroatoms. The third-order valence-electron chi connectivity index (χ3n) is 3.18. The zero-order chi connectivity index (χ0) is 13.8. The molecule has 0 unspecified atom stereocenters. The van der Waals surface area contributed by atoms with E-state index in [4.69, 9.17) is 4.74 Å². The maximum Gasteiger partial charge on any atom is 0.120 e. The summed E-state index contributed by atoms with van der Waals surface area (Å²) < 4.78 is 6.92. The van der Waals surface area contributed by atoms with Gasteiger partial charge in [0.25, 0.3) is 0 Å². The fraction of sp³-hybridized carbons (Fsp3) is 0.294. The average molecular weight is 319 g/mol. The molecule has 0 fully saturated rings. The van der Waals surface area contributed by atoms with Crippen LogP contribution < -0.4 is 4.74 Å². The second-order valence-electron chi connectivity index (χ2n) is 5.10. The van der Waals surface area contributed by atoms with E-state index in [0.29, 0.717) is 12.5 Å². The maximum absolute atomic E-state index is 5.81. The zero-order valence-corrected chi connectivity index (χ0v) is 13.2. The molecule has 2 aromatic carbocycles. The van der Waals surface area contributed by atoms with Crippen molar-refractivity contribution in [1.29, 1.82) is 0 Å². The molecule has 0 saturated carbocycles. The van der Waals surface area contributed by atoms with Gasteiger partial charge >= 0.3 is 0 Å². The average Bonchev–Trinajstić information content (AvgIpc) is 2.40. The third kappa shape index (κ3) is 3.84. The van der Waals surface area contributed by atoms with Gasteiger partial charge in [0.05, 0.1) is 0 Å². The zero-order valence-electron chi connectivity index (χ0n) is 11.6. The van der Waals surface area contributed by atoms with Gasteiger partial charge in [-0.1, -0.05) is 54.0 Å². The highest BCUT2D eigenvalue weighted by Gasteiger charge is 2.01. The first-order chi connectivity index (χ1) is 9.06. The Kier molecular flexibility index (Phi) is 4.65. The predicted molar refractivity (Wildman–Crippen MR) is 83.7 cm³/mol. The molecule has 0 saturated heterocycles. The molecule has 2 aromatic rings. The van der Waals surface area contributed by atoms with Gasteiger partial charge in [-0.3, -0.25) is 0 Å². The Labute approximate surface area is 123 Å². The van der Waals surface area contributed by atoms with Gasteiger partial charge in [0, 0.05) is 4.47 Å². The first kappa shape index (κ1) is 14.1. The molecule has 2 rings (SSSR count). The van der Waals surface area contributed by atoms with E-state index >= 15 is 0 Å². The van der Waals surface area contributed by atoms with E-state index < -0.39 is 0 Å². The molecule has 100 valence electrons. The second kappa shape index (κ2) is 6.25. The largest absolute Gasteiger partial charge is 0.489 e. The van der Waals surface area contributed by atoms with Crippen molar-refractivity contribution in [3.8, 4) is 5.75 Å². The summed E-state index contributed by atoms with van der Waals surface area (Å²) in [5.74, 6) is 1.48. The van der Waals surface area contributed by atoms with Crippen LogP contribution in [0.4, 0.5) is 0 Å². The van der Waals surface area contributed by atoms with Crippen molar-refractivity contribution >= 4 is 15.9 Å². The van der Waals surface area contributed by atoms with Crippen molar-refractivity contribution < 1.29 is 4.74 Å². The molecular weight excluding hydrogens is 300 g/mol. The van der Waals surface area contributed by atoms with E-state index in [1.54, 1.807) is 0 Å². The normalized spacial score (nSPS) is 10.8. The van der Waals surface area contributed by atoms with Gasteiger partial charge in [-0.2, -0.15) is 0 Å². The van der Waals surface area contributed by atoms with E-state index in [1.807, 2.05) is 18.2 Å². The van der Waals surface area contributed by atoms with Crippen molar-refractivity contribution in [3.63, 3.8) is 0 Å². The molecule has 0 aromatic heterocycles. The highest BCUT2D eigenvalue weighted by molar-refractivity contribution is 9.10. The summed E-state index contributed by atoms with van der Waals surface area (Å²) in [5.41, 5.74) is 3.75. The molecule has 19 heavy (non-hydrogen) atoms. The van der Waals surface area contributed by atoms with Gasteiger partial charge in [-0.15, -0.1) is 0 Å². The molecule has 0 N–H and O–H groups in total. The summed E-state index contributed by atoms with van der Waals surface area (Å²) in [6.45, 7) is 7.08. The Hall–Kier alpha value is -1.28. The van der Waals surface area contributed by atoms with Gasteiger partial charge < -0.3 is 4.74 Å². The lowest BCUT2D eigenvalue weighted by molar-refractivity contribution is 0.306. The molecule has 0 aliphatic rings. The van der Waals surface area contributed by atoms with Crippen molar-refractivity contribution in [2.75, 3.05) is 0 Å². The number of halogens is 1. The minimum Gasteiger partial charge on any atom is -0.489 e. The monoisotopic (exact) mass is 318 g/mol. The summed E-state index contributed by atoms with van der Waals surface area (Å²) in [7, 11) is 0. The Bertz CT molecular complexity index is 544. The first-order valence-electron chi connectivity index (χ1n) is 6.54. The summed E-state index contributed by atoms with van der Waals surface area (Å²) in [5, 5.41) is 0. The van der Waals surface area contributed by atoms with Gasteiger partial charge in [0.15, 0.2) is 0 Å². The smallest absolute Gasteiger partial charge is 0.120 e. The van der Waals surface area contributed by atoms with Crippen LogP contribution in [0, 0.1) is 6.92 Å². The SMILES string of the molecule is Cc1cc(OCc2ccc(C(C)C)cc2)ccc1Br. The van der Waals surface area contributed by atoms with Gasteiger partial charge in [-0.05, 0) is 47.7 Å². The quantitative estimate of drug-likeness (QED) is 0.727. The van der Waals surface area contributed by atoms with Crippen LogP contribution in [0.1, 0.15) is 36.5 Å². The van der Waals surface area contributed by atoms with Crippen LogP contribution in [-0.2, 0) is 6.61 Å². The molecule has 0 amide bonds. The summed E-state index contributed by atoms with van der Waals surface area (Å²) in [6.07, 6.45) is 0. The lowest BCUT2D eigenvalue weighted by Gasteiger charge is -2.09. The summed E-state index contributed by atoms with van der Waals surface area (Å²) >= 11 is 3.49. The van der Waals surface area contributed by atoms with Crippen LogP contribution in [0.5, 0.6) is 5.75 Å². The molecule has 0 aliphatic carbocycles. The molecule has 0 atom stereocenters. The molecular formula is C17H19BrO. The Morgan fingerprint density at radius 3 is 2.32 bits per heavy atom. The lowest BCUT2D eigenvalue weighted by atomic mass is 10.0. The van der Waals surface area contributed by atoms with E-state index in [0.717, 1.165) is 10.2 Å². The van der Waals surface area contributed by atoms with Crippen LogP contribution in [-0.4, -0.2) is 0 Å². The molecule has 0 radical (unpaired) electrons. The Morgan fingerprint density at radius 1 is 1.05 bits per heavy atom. The predicted octanol–water partition coefficient (Wildman–Crippen LogP) is 5.46. The standard InChI is InChI=1S/C17H19BrO/c1-12(2)15-6-4-14(5-7-15)11-19-16-8-9-17(18)13(3)10-16/h4-10,12H,11H2,1-3H3. The van der Waals surface area contributed by atoms with Crippen LogP contribution in [0.15, 0.2) is 46.9 Å². The number of ether oxygens (including phenoxy) is 1. The molecule has 0 spiro atoms. The van der Waals surface area contributed by atoms with Crippen molar-refractivity contribution in [2.24, 2.45) is 0 Å². The minimum atomic E-state index is 0.573. The van der Waals surface area contributed by atoms with Gasteiger partial charge in [-0.25, -0.2) is 0 Å². The van der Waals surface area contributed by atoms with E-state index in [2.05, 4.69) is 61.0 Å². The van der Waals surface area contributed by atoms with E-state index in [-0.39, 0.29) is 0 Å². The highest BCUT2D eigenvalue weighted by atomic mass is 79.9. The number of aryl methyl sites for hydroxylation is 1. The minimum absolute atomic E-state index is 0.573. The van der Waals surface area contributed by atoms with Crippen molar-refractivity contribution in [3.05, 3.63) is 63.6 Å². The lowest BCUT2D eigenvalue weighted by Crippen LogP contribution is -1.96.